The van der Waals surface area contributed by atoms with Crippen molar-refractivity contribution in [2.75, 3.05) is 19.0 Å². The molecule has 11 nitrogen and oxygen atoms in total. The SMILES string of the molecule is COC(=O)NCc1ccccc1CNC(=O)Cn1c(Cl)cnc(NCC(F)(F)c2cccc[n+]2[O-])c1=O. The summed E-state index contributed by atoms with van der Waals surface area (Å²) in [5.74, 6) is -4.67. The molecule has 2 aromatic heterocycles. The molecule has 0 unspecified atom stereocenters. The summed E-state index contributed by atoms with van der Waals surface area (Å²) >= 11 is 6.03. The highest BCUT2D eigenvalue weighted by Gasteiger charge is 2.39. The number of halogens is 3. The van der Waals surface area contributed by atoms with Gasteiger partial charge in [0.1, 0.15) is 11.7 Å². The Balaban J connectivity index is 1.66. The molecule has 0 saturated carbocycles. The molecule has 37 heavy (non-hydrogen) atoms. The van der Waals surface area contributed by atoms with Crippen LogP contribution in [-0.2, 0) is 35.1 Å². The van der Waals surface area contributed by atoms with E-state index in [1.54, 1.807) is 24.3 Å². The van der Waals surface area contributed by atoms with Crippen LogP contribution in [-0.4, -0.2) is 35.2 Å². The second-order valence-electron chi connectivity index (χ2n) is 7.68. The average Bonchev–Trinajstić information content (AvgIpc) is 2.88. The van der Waals surface area contributed by atoms with Gasteiger partial charge in [0.2, 0.25) is 5.91 Å². The molecule has 0 saturated heterocycles. The van der Waals surface area contributed by atoms with Crippen molar-refractivity contribution in [3.05, 3.63) is 92.4 Å². The topological polar surface area (TPSA) is 141 Å². The van der Waals surface area contributed by atoms with E-state index in [0.717, 1.165) is 28.6 Å². The molecule has 3 rings (SSSR count). The number of anilines is 1. The van der Waals surface area contributed by atoms with E-state index in [9.17, 15) is 28.4 Å². The standard InChI is InChI=1S/C23H23ClF2N6O5/c1-37-22(35)29-11-16-7-3-2-6-15(16)10-27-19(33)13-31-18(24)12-28-20(21(31)34)30-14-23(25,26)17-8-4-5-9-32(17)36/h2-9,12H,10-11,13-14H2,1H3,(H,27,33)(H,28,30)(H,29,35). The normalized spacial score (nSPS) is 11.0. The van der Waals surface area contributed by atoms with E-state index in [1.165, 1.54) is 19.2 Å². The number of nitrogens with one attached hydrogen (secondary N) is 3. The lowest BCUT2D eigenvalue weighted by Crippen LogP contribution is -2.41. The van der Waals surface area contributed by atoms with E-state index >= 15 is 0 Å². The minimum Gasteiger partial charge on any atom is -0.618 e. The van der Waals surface area contributed by atoms with Gasteiger partial charge in [-0.25, -0.2) is 9.78 Å². The minimum atomic E-state index is -3.62. The second kappa shape index (κ2) is 12.1. The van der Waals surface area contributed by atoms with Gasteiger partial charge in [-0.05, 0) is 17.2 Å². The summed E-state index contributed by atoms with van der Waals surface area (Å²) in [7, 11) is 1.24. The Hall–Kier alpha value is -4.26. The summed E-state index contributed by atoms with van der Waals surface area (Å²) in [5, 5.41) is 18.9. The summed E-state index contributed by atoms with van der Waals surface area (Å²) in [4.78, 5) is 40.4. The van der Waals surface area contributed by atoms with Crippen molar-refractivity contribution in [1.82, 2.24) is 20.2 Å². The molecule has 2 amide bonds. The smallest absolute Gasteiger partial charge is 0.407 e. The third-order valence-electron chi connectivity index (χ3n) is 5.19. The minimum absolute atomic E-state index is 0.0310. The highest BCUT2D eigenvalue weighted by atomic mass is 35.5. The maximum atomic E-state index is 14.5. The number of hydrogen-bond acceptors (Lipinski definition) is 7. The molecular weight excluding hydrogens is 514 g/mol. The second-order valence-corrected chi connectivity index (χ2v) is 8.07. The number of amides is 2. The number of alkyl carbamates (subject to hydrolysis) is 1. The molecule has 2 heterocycles. The number of methoxy groups -OCH3 is 1. The number of alkyl halides is 2. The van der Waals surface area contributed by atoms with E-state index in [2.05, 4.69) is 25.7 Å². The number of ether oxygens (including phenoxy) is 1. The van der Waals surface area contributed by atoms with Crippen LogP contribution in [0.4, 0.5) is 19.4 Å². The van der Waals surface area contributed by atoms with E-state index < -0.39 is 48.1 Å². The van der Waals surface area contributed by atoms with Crippen molar-refractivity contribution < 1.29 is 27.8 Å². The Labute approximate surface area is 214 Å². The van der Waals surface area contributed by atoms with Gasteiger partial charge in [-0.15, -0.1) is 0 Å². The summed E-state index contributed by atoms with van der Waals surface area (Å²) in [6.07, 6.45) is 1.37. The molecule has 0 aliphatic carbocycles. The van der Waals surface area contributed by atoms with Crippen molar-refractivity contribution in [2.45, 2.75) is 25.6 Å². The van der Waals surface area contributed by atoms with Crippen molar-refractivity contribution >= 4 is 29.4 Å². The number of benzene rings is 1. The van der Waals surface area contributed by atoms with Crippen LogP contribution in [0.2, 0.25) is 5.15 Å². The molecule has 196 valence electrons. The maximum absolute atomic E-state index is 14.5. The number of hydrogen-bond donors (Lipinski definition) is 3. The van der Waals surface area contributed by atoms with E-state index in [1.807, 2.05) is 0 Å². The molecule has 0 aliphatic heterocycles. The van der Waals surface area contributed by atoms with E-state index in [-0.39, 0.29) is 23.0 Å². The summed E-state index contributed by atoms with van der Waals surface area (Å²) < 4.78 is 34.4. The van der Waals surface area contributed by atoms with E-state index in [0.29, 0.717) is 5.56 Å². The third kappa shape index (κ3) is 7.13. The first-order valence-corrected chi connectivity index (χ1v) is 11.2. The van der Waals surface area contributed by atoms with Crippen molar-refractivity contribution in [3.63, 3.8) is 0 Å². The molecule has 0 radical (unpaired) electrons. The van der Waals surface area contributed by atoms with Crippen LogP contribution in [0.15, 0.2) is 59.7 Å². The monoisotopic (exact) mass is 536 g/mol. The zero-order chi connectivity index (χ0) is 27.0. The lowest BCUT2D eigenvalue weighted by atomic mass is 10.1. The van der Waals surface area contributed by atoms with Crippen LogP contribution in [0.1, 0.15) is 16.8 Å². The lowest BCUT2D eigenvalue weighted by Gasteiger charge is -2.17. The van der Waals surface area contributed by atoms with Crippen LogP contribution in [0.25, 0.3) is 0 Å². The molecule has 1 aromatic carbocycles. The highest BCUT2D eigenvalue weighted by molar-refractivity contribution is 6.29. The van der Waals surface area contributed by atoms with Crippen molar-refractivity contribution in [2.24, 2.45) is 0 Å². The fourth-order valence-electron chi connectivity index (χ4n) is 3.27. The summed E-state index contributed by atoms with van der Waals surface area (Å²) in [5.41, 5.74) is -0.262. The molecule has 3 N–H and O–H groups in total. The fourth-order valence-corrected chi connectivity index (χ4v) is 3.45. The van der Waals surface area contributed by atoms with Gasteiger partial charge in [-0.1, -0.05) is 35.9 Å². The van der Waals surface area contributed by atoms with Crippen LogP contribution < -0.4 is 26.2 Å². The maximum Gasteiger partial charge on any atom is 0.407 e. The Morgan fingerprint density at radius 2 is 1.78 bits per heavy atom. The average molecular weight is 537 g/mol. The molecule has 0 aliphatic rings. The van der Waals surface area contributed by atoms with Gasteiger partial charge in [0.25, 0.3) is 11.3 Å². The summed E-state index contributed by atoms with van der Waals surface area (Å²) in [6.45, 7) is -1.35. The molecule has 0 fully saturated rings. The number of carbonyl (C=O) groups is 2. The van der Waals surface area contributed by atoms with Crippen molar-refractivity contribution in [3.8, 4) is 0 Å². The molecule has 0 bridgehead atoms. The van der Waals surface area contributed by atoms with Crippen LogP contribution >= 0.6 is 11.6 Å². The van der Waals surface area contributed by atoms with Crippen molar-refractivity contribution in [1.29, 1.82) is 0 Å². The van der Waals surface area contributed by atoms with Gasteiger partial charge in [0, 0.05) is 25.2 Å². The Morgan fingerprint density at radius 1 is 1.14 bits per heavy atom. The Morgan fingerprint density at radius 3 is 2.43 bits per heavy atom. The van der Waals surface area contributed by atoms with Gasteiger partial charge in [0.05, 0.1) is 19.9 Å². The molecule has 14 heteroatoms. The first-order chi connectivity index (χ1) is 17.6. The van der Waals surface area contributed by atoms with E-state index in [4.69, 9.17) is 11.6 Å². The Bertz CT molecular complexity index is 1340. The molecule has 0 atom stereocenters. The first kappa shape index (κ1) is 27.3. The largest absolute Gasteiger partial charge is 0.618 e. The number of pyridine rings is 1. The number of aromatic nitrogens is 3. The molecule has 0 spiro atoms. The lowest BCUT2D eigenvalue weighted by molar-refractivity contribution is -0.624. The number of carbonyl (C=O) groups excluding carboxylic acids is 2. The summed E-state index contributed by atoms with van der Waals surface area (Å²) in [6, 6.07) is 10.6. The molecule has 3 aromatic rings. The van der Waals surface area contributed by atoms with Crippen LogP contribution in [0.3, 0.4) is 0 Å². The fraction of sp³-hybridized carbons (Fsp3) is 0.261. The predicted molar refractivity (Wildman–Crippen MR) is 129 cm³/mol. The number of rotatable bonds is 10. The van der Waals surface area contributed by atoms with Gasteiger partial charge < -0.3 is 25.9 Å². The predicted octanol–water partition coefficient (Wildman–Crippen LogP) is 1.91. The van der Waals surface area contributed by atoms with Gasteiger partial charge in [-0.3, -0.25) is 14.2 Å². The number of nitrogens with zero attached hydrogens (tertiary/aromatic N) is 3. The van der Waals surface area contributed by atoms with Gasteiger partial charge in [0.15, 0.2) is 12.0 Å². The molecular formula is C23H23ClF2N6O5. The highest BCUT2D eigenvalue weighted by Crippen LogP contribution is 2.25. The Kier molecular flexibility index (Phi) is 8.95. The van der Waals surface area contributed by atoms with Gasteiger partial charge >= 0.3 is 12.0 Å². The third-order valence-corrected chi connectivity index (χ3v) is 5.49. The van der Waals surface area contributed by atoms with Crippen LogP contribution in [0, 0.1) is 5.21 Å². The first-order valence-electron chi connectivity index (χ1n) is 10.8. The van der Waals surface area contributed by atoms with Crippen LogP contribution in [0.5, 0.6) is 0 Å². The zero-order valence-corrected chi connectivity index (χ0v) is 20.3. The quantitative estimate of drug-likeness (QED) is 0.265. The van der Waals surface area contributed by atoms with Gasteiger partial charge in [-0.2, -0.15) is 13.5 Å². The zero-order valence-electron chi connectivity index (χ0n) is 19.5.